The van der Waals surface area contributed by atoms with Crippen molar-refractivity contribution < 1.29 is 4.74 Å². The Labute approximate surface area is 102 Å². The van der Waals surface area contributed by atoms with Gasteiger partial charge in [0.25, 0.3) is 0 Å². The summed E-state index contributed by atoms with van der Waals surface area (Å²) < 4.78 is 6.00. The molecule has 1 aromatic heterocycles. The molecule has 0 unspecified atom stereocenters. The Morgan fingerprint density at radius 1 is 1.24 bits per heavy atom. The average Bonchev–Trinajstić information content (AvgIpc) is 2.78. The molecular formula is C13H19N3O. The molecule has 1 saturated carbocycles. The van der Waals surface area contributed by atoms with E-state index in [-0.39, 0.29) is 5.60 Å². The van der Waals surface area contributed by atoms with E-state index in [0.29, 0.717) is 0 Å². The Balaban J connectivity index is 1.77. The first kappa shape index (κ1) is 11.0. The molecule has 1 aliphatic heterocycles. The van der Waals surface area contributed by atoms with Crippen LogP contribution < -0.4 is 4.90 Å². The van der Waals surface area contributed by atoms with Crippen LogP contribution in [-0.2, 0) is 4.74 Å². The minimum atomic E-state index is 0.0898. The number of aromatic nitrogens is 2. The van der Waals surface area contributed by atoms with Crippen molar-refractivity contribution in [3.05, 3.63) is 18.0 Å². The van der Waals surface area contributed by atoms with Gasteiger partial charge >= 0.3 is 0 Å². The zero-order chi connectivity index (χ0) is 11.7. The van der Waals surface area contributed by atoms with Gasteiger partial charge in [0, 0.05) is 25.5 Å². The maximum absolute atomic E-state index is 6.00. The maximum atomic E-state index is 6.00. The molecule has 4 heteroatoms. The maximum Gasteiger partial charge on any atom is 0.225 e. The van der Waals surface area contributed by atoms with E-state index in [4.69, 9.17) is 4.74 Å². The molecule has 92 valence electrons. The third-order valence-corrected chi connectivity index (χ3v) is 3.81. The standard InChI is InChI=1S/C13H19N3O/c1-11-8-14-12(15-9-11)16-6-7-17-13(10-16)4-2-3-5-13/h8-9H,2-7,10H2,1H3. The molecule has 2 aliphatic rings. The van der Waals surface area contributed by atoms with Gasteiger partial charge in [0.1, 0.15) is 0 Å². The highest BCUT2D eigenvalue weighted by Crippen LogP contribution is 2.36. The third-order valence-electron chi connectivity index (χ3n) is 3.81. The summed E-state index contributed by atoms with van der Waals surface area (Å²) in [7, 11) is 0. The van der Waals surface area contributed by atoms with Gasteiger partial charge in [-0.05, 0) is 25.3 Å². The van der Waals surface area contributed by atoms with Crippen LogP contribution >= 0.6 is 0 Å². The molecule has 0 radical (unpaired) electrons. The second-order valence-electron chi connectivity index (χ2n) is 5.22. The molecule has 17 heavy (non-hydrogen) atoms. The number of nitrogens with zero attached hydrogens (tertiary/aromatic N) is 3. The van der Waals surface area contributed by atoms with Crippen molar-refractivity contribution in [2.75, 3.05) is 24.6 Å². The lowest BCUT2D eigenvalue weighted by atomic mass is 10.00. The smallest absolute Gasteiger partial charge is 0.225 e. The highest BCUT2D eigenvalue weighted by molar-refractivity contribution is 5.31. The highest BCUT2D eigenvalue weighted by Gasteiger charge is 2.39. The molecule has 1 spiro atoms. The van der Waals surface area contributed by atoms with Crippen LogP contribution in [0.25, 0.3) is 0 Å². The van der Waals surface area contributed by atoms with Crippen LogP contribution in [0.5, 0.6) is 0 Å². The molecule has 0 amide bonds. The van der Waals surface area contributed by atoms with E-state index >= 15 is 0 Å². The first-order valence-corrected chi connectivity index (χ1v) is 6.45. The van der Waals surface area contributed by atoms with Gasteiger partial charge in [0.15, 0.2) is 0 Å². The van der Waals surface area contributed by atoms with E-state index in [9.17, 15) is 0 Å². The first-order valence-electron chi connectivity index (χ1n) is 6.45. The fraction of sp³-hybridized carbons (Fsp3) is 0.692. The second-order valence-corrected chi connectivity index (χ2v) is 5.22. The lowest BCUT2D eigenvalue weighted by Crippen LogP contribution is -2.51. The molecule has 1 aliphatic carbocycles. The molecule has 3 rings (SSSR count). The Morgan fingerprint density at radius 3 is 2.65 bits per heavy atom. The van der Waals surface area contributed by atoms with Crippen LogP contribution in [0, 0.1) is 6.92 Å². The molecule has 2 fully saturated rings. The second kappa shape index (κ2) is 4.26. The van der Waals surface area contributed by atoms with Crippen LogP contribution in [0.1, 0.15) is 31.2 Å². The number of hydrogen-bond donors (Lipinski definition) is 0. The zero-order valence-corrected chi connectivity index (χ0v) is 10.4. The van der Waals surface area contributed by atoms with Crippen molar-refractivity contribution >= 4 is 5.95 Å². The molecule has 1 saturated heterocycles. The van der Waals surface area contributed by atoms with E-state index in [2.05, 4.69) is 14.9 Å². The molecule has 0 atom stereocenters. The Morgan fingerprint density at radius 2 is 1.94 bits per heavy atom. The van der Waals surface area contributed by atoms with Crippen LogP contribution in [0.2, 0.25) is 0 Å². The molecular weight excluding hydrogens is 214 g/mol. The number of aryl methyl sites for hydroxylation is 1. The van der Waals surface area contributed by atoms with E-state index in [0.717, 1.165) is 31.2 Å². The highest BCUT2D eigenvalue weighted by atomic mass is 16.5. The third kappa shape index (κ3) is 2.14. The molecule has 0 N–H and O–H groups in total. The average molecular weight is 233 g/mol. The fourth-order valence-corrected chi connectivity index (χ4v) is 2.89. The van der Waals surface area contributed by atoms with Gasteiger partial charge in [-0.15, -0.1) is 0 Å². The first-order chi connectivity index (χ1) is 8.27. The minimum absolute atomic E-state index is 0.0898. The van der Waals surface area contributed by atoms with Gasteiger partial charge in [-0.3, -0.25) is 0 Å². The van der Waals surface area contributed by atoms with Gasteiger partial charge in [0.2, 0.25) is 5.95 Å². The number of anilines is 1. The summed E-state index contributed by atoms with van der Waals surface area (Å²) in [6.07, 6.45) is 8.74. The number of hydrogen-bond acceptors (Lipinski definition) is 4. The summed E-state index contributed by atoms with van der Waals surface area (Å²) in [5, 5.41) is 0. The quantitative estimate of drug-likeness (QED) is 0.743. The Bertz CT molecular complexity index is 384. The largest absolute Gasteiger partial charge is 0.371 e. The topological polar surface area (TPSA) is 38.2 Å². The predicted molar refractivity (Wildman–Crippen MR) is 66.1 cm³/mol. The number of morpholine rings is 1. The van der Waals surface area contributed by atoms with E-state index in [1.807, 2.05) is 19.3 Å². The van der Waals surface area contributed by atoms with Crippen LogP contribution in [0.3, 0.4) is 0 Å². The lowest BCUT2D eigenvalue weighted by molar-refractivity contribution is -0.0505. The minimum Gasteiger partial charge on any atom is -0.371 e. The van der Waals surface area contributed by atoms with Gasteiger partial charge < -0.3 is 9.64 Å². The number of ether oxygens (including phenoxy) is 1. The van der Waals surface area contributed by atoms with E-state index < -0.39 is 0 Å². The van der Waals surface area contributed by atoms with E-state index in [1.54, 1.807) is 0 Å². The monoisotopic (exact) mass is 233 g/mol. The van der Waals surface area contributed by atoms with Gasteiger partial charge in [0.05, 0.1) is 12.2 Å². The van der Waals surface area contributed by atoms with Crippen molar-refractivity contribution in [2.45, 2.75) is 38.2 Å². The Kier molecular flexibility index (Phi) is 2.74. The summed E-state index contributed by atoms with van der Waals surface area (Å²) in [4.78, 5) is 11.1. The van der Waals surface area contributed by atoms with E-state index in [1.165, 1.54) is 25.7 Å². The van der Waals surface area contributed by atoms with Crippen LogP contribution in [0.15, 0.2) is 12.4 Å². The fourth-order valence-electron chi connectivity index (χ4n) is 2.89. The van der Waals surface area contributed by atoms with Crippen molar-refractivity contribution in [3.63, 3.8) is 0 Å². The summed E-state index contributed by atoms with van der Waals surface area (Å²) in [5.41, 5.74) is 1.20. The van der Waals surface area contributed by atoms with Gasteiger partial charge in [-0.25, -0.2) is 9.97 Å². The molecule has 4 nitrogen and oxygen atoms in total. The molecule has 0 aromatic carbocycles. The van der Waals surface area contributed by atoms with Crippen molar-refractivity contribution in [3.8, 4) is 0 Å². The van der Waals surface area contributed by atoms with Gasteiger partial charge in [-0.1, -0.05) is 12.8 Å². The molecule has 2 heterocycles. The van der Waals surface area contributed by atoms with Crippen LogP contribution in [-0.4, -0.2) is 35.3 Å². The number of rotatable bonds is 1. The molecule has 0 bridgehead atoms. The summed E-state index contributed by atoms with van der Waals surface area (Å²) in [6.45, 7) is 4.68. The van der Waals surface area contributed by atoms with Crippen LogP contribution in [0.4, 0.5) is 5.95 Å². The molecule has 1 aromatic rings. The van der Waals surface area contributed by atoms with Crippen molar-refractivity contribution in [2.24, 2.45) is 0 Å². The van der Waals surface area contributed by atoms with Crippen molar-refractivity contribution in [1.82, 2.24) is 9.97 Å². The SMILES string of the molecule is Cc1cnc(N2CCOC3(CCCC3)C2)nc1. The van der Waals surface area contributed by atoms with Gasteiger partial charge in [-0.2, -0.15) is 0 Å². The summed E-state index contributed by atoms with van der Waals surface area (Å²) >= 11 is 0. The summed E-state index contributed by atoms with van der Waals surface area (Å²) in [6, 6.07) is 0. The summed E-state index contributed by atoms with van der Waals surface area (Å²) in [5.74, 6) is 0.852. The lowest BCUT2D eigenvalue weighted by Gasteiger charge is -2.40. The normalized spacial score (nSPS) is 23.2. The Hall–Kier alpha value is -1.16. The van der Waals surface area contributed by atoms with Crippen molar-refractivity contribution in [1.29, 1.82) is 0 Å². The zero-order valence-electron chi connectivity index (χ0n) is 10.4. The predicted octanol–water partition coefficient (Wildman–Crippen LogP) is 1.93.